The van der Waals surface area contributed by atoms with Crippen molar-refractivity contribution in [3.63, 3.8) is 0 Å². The summed E-state index contributed by atoms with van der Waals surface area (Å²) >= 11 is 5.52. The summed E-state index contributed by atoms with van der Waals surface area (Å²) in [5.74, 6) is -1.31. The smallest absolute Gasteiger partial charge is 0.382 e. The minimum atomic E-state index is -4.64. The van der Waals surface area contributed by atoms with Crippen LogP contribution < -0.4 is 5.32 Å². The van der Waals surface area contributed by atoms with Crippen LogP contribution in [-0.2, 0) is 15.7 Å². The van der Waals surface area contributed by atoms with Gasteiger partial charge >= 0.3 is 6.18 Å². The zero-order chi connectivity index (χ0) is 14.5. The summed E-state index contributed by atoms with van der Waals surface area (Å²) in [6, 6.07) is 1.20. The molecule has 1 N–H and O–H groups in total. The van der Waals surface area contributed by atoms with Crippen LogP contribution in [0.5, 0.6) is 0 Å². The molecule has 0 aliphatic rings. The maximum atomic E-state index is 12.5. The van der Waals surface area contributed by atoms with Crippen molar-refractivity contribution < 1.29 is 22.6 Å². The second-order valence-electron chi connectivity index (χ2n) is 3.59. The number of hydrogen-bond donors (Lipinski definition) is 1. The van der Waals surface area contributed by atoms with Gasteiger partial charge in [0.05, 0.1) is 12.7 Å². The molecule has 108 valence electrons. The number of hydrogen-bond acceptors (Lipinski definition) is 5. The first-order valence-electron chi connectivity index (χ1n) is 5.24. The maximum Gasteiger partial charge on any atom is 0.451 e. The van der Waals surface area contributed by atoms with Gasteiger partial charge in [0.2, 0.25) is 5.82 Å². The number of rotatable bonds is 6. The molecular formula is C10H13ClF3N3O2. The SMILES string of the molecule is COCC(CNc1cc(Cl)nc(C(F)(F)F)n1)OC. The highest BCUT2D eigenvalue weighted by molar-refractivity contribution is 6.29. The summed E-state index contributed by atoms with van der Waals surface area (Å²) in [4.78, 5) is 6.47. The van der Waals surface area contributed by atoms with E-state index in [9.17, 15) is 13.2 Å². The Morgan fingerprint density at radius 3 is 2.58 bits per heavy atom. The molecule has 1 heterocycles. The predicted molar refractivity (Wildman–Crippen MR) is 63.2 cm³/mol. The molecule has 5 nitrogen and oxygen atoms in total. The Labute approximate surface area is 113 Å². The van der Waals surface area contributed by atoms with Gasteiger partial charge in [-0.2, -0.15) is 13.2 Å². The largest absolute Gasteiger partial charge is 0.451 e. The van der Waals surface area contributed by atoms with Gasteiger partial charge in [0.15, 0.2) is 0 Å². The summed E-state index contributed by atoms with van der Waals surface area (Å²) < 4.78 is 47.4. The summed E-state index contributed by atoms with van der Waals surface area (Å²) in [6.45, 7) is 0.531. The molecule has 0 saturated carbocycles. The Morgan fingerprint density at radius 1 is 1.37 bits per heavy atom. The molecule has 0 saturated heterocycles. The number of alkyl halides is 3. The highest BCUT2D eigenvalue weighted by Crippen LogP contribution is 2.28. The molecule has 1 aromatic heterocycles. The first kappa shape index (κ1) is 15.9. The van der Waals surface area contributed by atoms with Crippen LogP contribution in [0, 0.1) is 0 Å². The predicted octanol–water partition coefficient (Wildman–Crippen LogP) is 2.22. The second-order valence-corrected chi connectivity index (χ2v) is 3.98. The van der Waals surface area contributed by atoms with Crippen molar-refractivity contribution in [2.75, 3.05) is 32.7 Å². The quantitative estimate of drug-likeness (QED) is 0.816. The van der Waals surface area contributed by atoms with E-state index in [0.717, 1.165) is 0 Å². The van der Waals surface area contributed by atoms with Gasteiger partial charge in [0.25, 0.3) is 0 Å². The van der Waals surface area contributed by atoms with E-state index < -0.39 is 12.0 Å². The van der Waals surface area contributed by atoms with Gasteiger partial charge in [0.1, 0.15) is 11.0 Å². The van der Waals surface area contributed by atoms with Crippen molar-refractivity contribution in [3.8, 4) is 0 Å². The van der Waals surface area contributed by atoms with Crippen molar-refractivity contribution in [2.45, 2.75) is 12.3 Å². The summed E-state index contributed by atoms with van der Waals surface area (Å²) in [5, 5.41) is 2.41. The van der Waals surface area contributed by atoms with Crippen LogP contribution in [0.25, 0.3) is 0 Å². The van der Waals surface area contributed by atoms with E-state index >= 15 is 0 Å². The lowest BCUT2D eigenvalue weighted by Crippen LogP contribution is -2.27. The molecule has 0 spiro atoms. The molecule has 0 amide bonds. The van der Waals surface area contributed by atoms with Gasteiger partial charge < -0.3 is 14.8 Å². The lowest BCUT2D eigenvalue weighted by Gasteiger charge is -2.16. The van der Waals surface area contributed by atoms with Crippen molar-refractivity contribution in [1.82, 2.24) is 9.97 Å². The minimum Gasteiger partial charge on any atom is -0.382 e. The second kappa shape index (κ2) is 6.88. The fourth-order valence-electron chi connectivity index (χ4n) is 1.25. The van der Waals surface area contributed by atoms with E-state index in [1.54, 1.807) is 0 Å². The summed E-state index contributed by atoms with van der Waals surface area (Å²) in [6.07, 6.45) is -4.96. The van der Waals surface area contributed by atoms with E-state index in [4.69, 9.17) is 21.1 Å². The van der Waals surface area contributed by atoms with Crippen LogP contribution in [-0.4, -0.2) is 43.4 Å². The van der Waals surface area contributed by atoms with Crippen LogP contribution >= 0.6 is 11.6 Å². The number of aromatic nitrogens is 2. The molecule has 0 fully saturated rings. The molecule has 0 radical (unpaired) electrons. The van der Waals surface area contributed by atoms with Crippen LogP contribution in [0.3, 0.4) is 0 Å². The van der Waals surface area contributed by atoms with E-state index in [1.807, 2.05) is 0 Å². The number of nitrogens with zero attached hydrogens (tertiary/aromatic N) is 2. The molecule has 1 atom stereocenters. The monoisotopic (exact) mass is 299 g/mol. The molecule has 19 heavy (non-hydrogen) atoms. The molecule has 0 aliphatic carbocycles. The molecule has 1 aromatic rings. The Balaban J connectivity index is 2.76. The van der Waals surface area contributed by atoms with E-state index in [1.165, 1.54) is 20.3 Å². The standard InChI is InChI=1S/C10H13ClF3N3O2/c1-18-5-6(19-2)4-15-8-3-7(11)16-9(17-8)10(12,13)14/h3,6H,4-5H2,1-2H3,(H,15,16,17). The van der Waals surface area contributed by atoms with Gasteiger partial charge in [-0.25, -0.2) is 9.97 Å². The fraction of sp³-hybridized carbons (Fsp3) is 0.600. The van der Waals surface area contributed by atoms with Gasteiger partial charge in [-0.3, -0.25) is 0 Å². The molecular weight excluding hydrogens is 287 g/mol. The van der Waals surface area contributed by atoms with Crippen molar-refractivity contribution in [3.05, 3.63) is 17.0 Å². The third-order valence-electron chi connectivity index (χ3n) is 2.15. The first-order valence-corrected chi connectivity index (χ1v) is 5.62. The average Bonchev–Trinajstić information content (AvgIpc) is 2.32. The first-order chi connectivity index (χ1) is 8.86. The summed E-state index contributed by atoms with van der Waals surface area (Å²) in [7, 11) is 2.97. The highest BCUT2D eigenvalue weighted by Gasteiger charge is 2.35. The lowest BCUT2D eigenvalue weighted by atomic mass is 10.3. The Morgan fingerprint density at radius 2 is 2.05 bits per heavy atom. The normalized spacial score (nSPS) is 13.4. The molecule has 1 rings (SSSR count). The minimum absolute atomic E-state index is 0.0227. The Kier molecular flexibility index (Phi) is 5.77. The lowest BCUT2D eigenvalue weighted by molar-refractivity contribution is -0.144. The third-order valence-corrected chi connectivity index (χ3v) is 2.34. The Hall–Kier alpha value is -1.12. The van der Waals surface area contributed by atoms with E-state index in [0.29, 0.717) is 6.61 Å². The number of methoxy groups -OCH3 is 2. The number of halogens is 4. The molecule has 1 unspecified atom stereocenters. The van der Waals surface area contributed by atoms with Gasteiger partial charge in [-0.15, -0.1) is 0 Å². The number of anilines is 1. The molecule has 0 aromatic carbocycles. The zero-order valence-electron chi connectivity index (χ0n) is 10.3. The fourth-order valence-corrected chi connectivity index (χ4v) is 1.43. The highest BCUT2D eigenvalue weighted by atomic mass is 35.5. The van der Waals surface area contributed by atoms with Crippen molar-refractivity contribution >= 4 is 17.4 Å². The van der Waals surface area contributed by atoms with E-state index in [-0.39, 0.29) is 23.6 Å². The van der Waals surface area contributed by atoms with Crippen LogP contribution in [0.15, 0.2) is 6.07 Å². The van der Waals surface area contributed by atoms with Gasteiger partial charge in [-0.1, -0.05) is 11.6 Å². The number of nitrogens with one attached hydrogen (secondary N) is 1. The van der Waals surface area contributed by atoms with Crippen molar-refractivity contribution in [1.29, 1.82) is 0 Å². The average molecular weight is 300 g/mol. The van der Waals surface area contributed by atoms with Gasteiger partial charge in [-0.05, 0) is 0 Å². The van der Waals surface area contributed by atoms with Crippen LogP contribution in [0.2, 0.25) is 5.15 Å². The van der Waals surface area contributed by atoms with Gasteiger partial charge in [0, 0.05) is 26.8 Å². The molecule has 0 aliphatic heterocycles. The molecule has 9 heteroatoms. The van der Waals surface area contributed by atoms with Crippen molar-refractivity contribution in [2.24, 2.45) is 0 Å². The molecule has 0 bridgehead atoms. The van der Waals surface area contributed by atoms with Crippen LogP contribution in [0.4, 0.5) is 19.0 Å². The summed E-state index contributed by atoms with van der Waals surface area (Å²) in [5.41, 5.74) is 0. The zero-order valence-corrected chi connectivity index (χ0v) is 11.0. The van der Waals surface area contributed by atoms with E-state index in [2.05, 4.69) is 15.3 Å². The maximum absolute atomic E-state index is 12.5. The topological polar surface area (TPSA) is 56.3 Å². The number of ether oxygens (including phenoxy) is 2. The third kappa shape index (κ3) is 5.17. The Bertz CT molecular complexity index is 417. The van der Waals surface area contributed by atoms with Crippen LogP contribution in [0.1, 0.15) is 5.82 Å².